The Kier molecular flexibility index (Phi) is 2.32. The molecule has 2 nitrogen and oxygen atoms in total. The van der Waals surface area contributed by atoms with Crippen LogP contribution < -0.4 is 5.32 Å². The van der Waals surface area contributed by atoms with Gasteiger partial charge in [0.25, 0.3) is 0 Å². The largest absolute Gasteiger partial charge is 0.370 e. The minimum Gasteiger partial charge on any atom is -0.370 e. The minimum atomic E-state index is 0.319. The van der Waals surface area contributed by atoms with Gasteiger partial charge in [-0.05, 0) is 30.9 Å². The molecule has 1 aliphatic carbocycles. The van der Waals surface area contributed by atoms with Crippen molar-refractivity contribution >= 4 is 11.3 Å². The summed E-state index contributed by atoms with van der Waals surface area (Å²) >= 11 is 1.96. The number of nitrogens with one attached hydrogen (secondary N) is 1. The van der Waals surface area contributed by atoms with Crippen LogP contribution in [0.5, 0.6) is 0 Å². The summed E-state index contributed by atoms with van der Waals surface area (Å²) in [6.45, 7) is 2.84. The van der Waals surface area contributed by atoms with E-state index in [0.29, 0.717) is 6.10 Å². The first kappa shape index (κ1) is 8.89. The lowest BCUT2D eigenvalue weighted by Crippen LogP contribution is -2.32. The van der Waals surface area contributed by atoms with Crippen LogP contribution in [-0.2, 0) is 17.6 Å². The van der Waals surface area contributed by atoms with Crippen LogP contribution in [0.4, 0.5) is 0 Å². The predicted molar refractivity (Wildman–Crippen MR) is 57.9 cm³/mol. The lowest BCUT2D eigenvalue weighted by molar-refractivity contribution is 0.0299. The third-order valence-corrected chi connectivity index (χ3v) is 4.34. The van der Waals surface area contributed by atoms with E-state index in [1.807, 2.05) is 11.3 Å². The van der Waals surface area contributed by atoms with Gasteiger partial charge in [-0.25, -0.2) is 0 Å². The van der Waals surface area contributed by atoms with E-state index in [-0.39, 0.29) is 0 Å². The summed E-state index contributed by atoms with van der Waals surface area (Å²) < 4.78 is 5.75. The number of hydrogen-bond acceptors (Lipinski definition) is 3. The Hall–Kier alpha value is -0.380. The van der Waals surface area contributed by atoms with Crippen molar-refractivity contribution in [1.29, 1.82) is 0 Å². The molecule has 1 aliphatic heterocycles. The number of fused-ring (bicyclic) bond motifs is 1. The zero-order valence-electron chi connectivity index (χ0n) is 8.21. The lowest BCUT2D eigenvalue weighted by atomic mass is 10.2. The number of rotatable bonds is 1. The van der Waals surface area contributed by atoms with E-state index >= 15 is 0 Å². The molecule has 1 unspecified atom stereocenters. The fraction of sp³-hybridized carbons (Fsp3) is 0.636. The molecule has 1 N–H and O–H groups in total. The van der Waals surface area contributed by atoms with Crippen molar-refractivity contribution in [2.24, 2.45) is 0 Å². The second kappa shape index (κ2) is 3.65. The van der Waals surface area contributed by atoms with Gasteiger partial charge in [0.1, 0.15) is 6.10 Å². The highest BCUT2D eigenvalue weighted by atomic mass is 32.1. The summed E-state index contributed by atoms with van der Waals surface area (Å²) in [7, 11) is 0. The van der Waals surface area contributed by atoms with Crippen LogP contribution in [0.15, 0.2) is 6.07 Å². The third kappa shape index (κ3) is 1.49. The third-order valence-electron chi connectivity index (χ3n) is 3.01. The van der Waals surface area contributed by atoms with Crippen molar-refractivity contribution in [3.63, 3.8) is 0 Å². The van der Waals surface area contributed by atoms with Crippen LogP contribution in [-0.4, -0.2) is 19.7 Å². The highest BCUT2D eigenvalue weighted by molar-refractivity contribution is 7.12. The topological polar surface area (TPSA) is 21.3 Å². The Morgan fingerprint density at radius 1 is 1.43 bits per heavy atom. The van der Waals surface area contributed by atoms with Crippen molar-refractivity contribution < 1.29 is 4.74 Å². The van der Waals surface area contributed by atoms with Crippen molar-refractivity contribution in [2.75, 3.05) is 19.7 Å². The molecule has 14 heavy (non-hydrogen) atoms. The molecule has 1 atom stereocenters. The first-order chi connectivity index (χ1) is 6.93. The van der Waals surface area contributed by atoms with Crippen molar-refractivity contribution in [3.8, 4) is 0 Å². The van der Waals surface area contributed by atoms with Crippen LogP contribution in [0.1, 0.15) is 27.8 Å². The zero-order chi connectivity index (χ0) is 9.38. The predicted octanol–water partition coefficient (Wildman–Crippen LogP) is 1.90. The Morgan fingerprint density at radius 2 is 2.43 bits per heavy atom. The van der Waals surface area contributed by atoms with E-state index in [1.165, 1.54) is 24.1 Å². The molecule has 76 valence electrons. The Bertz CT molecular complexity index is 307. The fourth-order valence-corrected chi connectivity index (χ4v) is 3.57. The fourth-order valence-electron chi connectivity index (χ4n) is 2.26. The molecule has 1 aromatic heterocycles. The van der Waals surface area contributed by atoms with Gasteiger partial charge < -0.3 is 10.1 Å². The van der Waals surface area contributed by atoms with Gasteiger partial charge in [-0.15, -0.1) is 11.3 Å². The maximum atomic E-state index is 5.75. The average molecular weight is 209 g/mol. The monoisotopic (exact) mass is 209 g/mol. The zero-order valence-corrected chi connectivity index (χ0v) is 9.03. The molecule has 2 aliphatic rings. The van der Waals surface area contributed by atoms with Crippen LogP contribution in [0.25, 0.3) is 0 Å². The number of aryl methyl sites for hydroxylation is 2. The maximum absolute atomic E-state index is 5.75. The van der Waals surface area contributed by atoms with E-state index < -0.39 is 0 Å². The van der Waals surface area contributed by atoms with Gasteiger partial charge in [0.05, 0.1) is 6.61 Å². The Labute approximate surface area is 88.3 Å². The molecule has 0 bridgehead atoms. The van der Waals surface area contributed by atoms with Crippen molar-refractivity contribution in [2.45, 2.75) is 25.4 Å². The highest BCUT2D eigenvalue weighted by Crippen LogP contribution is 2.35. The molecular weight excluding hydrogens is 194 g/mol. The molecule has 0 aromatic carbocycles. The van der Waals surface area contributed by atoms with Crippen LogP contribution in [0.3, 0.4) is 0 Å². The summed E-state index contributed by atoms with van der Waals surface area (Å²) in [4.78, 5) is 3.04. The summed E-state index contributed by atoms with van der Waals surface area (Å²) in [5.41, 5.74) is 1.58. The van der Waals surface area contributed by atoms with Gasteiger partial charge in [-0.3, -0.25) is 0 Å². The van der Waals surface area contributed by atoms with Gasteiger partial charge in [-0.2, -0.15) is 0 Å². The normalized spacial score (nSPS) is 26.4. The van der Waals surface area contributed by atoms with E-state index in [4.69, 9.17) is 4.74 Å². The van der Waals surface area contributed by atoms with Crippen molar-refractivity contribution in [1.82, 2.24) is 5.32 Å². The van der Waals surface area contributed by atoms with Gasteiger partial charge in [-0.1, -0.05) is 0 Å². The summed E-state index contributed by atoms with van der Waals surface area (Å²) in [5, 5.41) is 3.38. The Morgan fingerprint density at radius 3 is 3.21 bits per heavy atom. The molecule has 0 radical (unpaired) electrons. The van der Waals surface area contributed by atoms with Gasteiger partial charge in [0.15, 0.2) is 0 Å². The van der Waals surface area contributed by atoms with Gasteiger partial charge in [0.2, 0.25) is 0 Å². The molecule has 1 saturated heterocycles. The summed E-state index contributed by atoms with van der Waals surface area (Å²) in [5.74, 6) is 0. The molecule has 0 amide bonds. The average Bonchev–Trinajstić information content (AvgIpc) is 2.78. The molecule has 3 rings (SSSR count). The standard InChI is InChI=1S/C11H15NOS/c1-2-8-6-11(14-10(8)3-1)9-7-12-4-5-13-9/h6,9,12H,1-5,7H2. The molecule has 0 saturated carbocycles. The van der Waals surface area contributed by atoms with Gasteiger partial charge in [0, 0.05) is 22.8 Å². The molecular formula is C11H15NOS. The van der Waals surface area contributed by atoms with Crippen LogP contribution in [0.2, 0.25) is 0 Å². The highest BCUT2D eigenvalue weighted by Gasteiger charge is 2.21. The van der Waals surface area contributed by atoms with Crippen LogP contribution in [0, 0.1) is 0 Å². The summed E-state index contributed by atoms with van der Waals surface area (Å²) in [6.07, 6.45) is 4.25. The lowest BCUT2D eigenvalue weighted by Gasteiger charge is -2.22. The first-order valence-electron chi connectivity index (χ1n) is 5.37. The Balaban J connectivity index is 1.82. The molecule has 3 heteroatoms. The van der Waals surface area contributed by atoms with Crippen molar-refractivity contribution in [3.05, 3.63) is 21.4 Å². The molecule has 1 aromatic rings. The SMILES string of the molecule is c1c(C2CNCCO2)sc2c1CCC2. The number of thiophene rings is 1. The quantitative estimate of drug-likeness (QED) is 0.762. The molecule has 0 spiro atoms. The van der Waals surface area contributed by atoms with E-state index in [1.54, 1.807) is 10.4 Å². The number of morpholine rings is 1. The van der Waals surface area contributed by atoms with E-state index in [2.05, 4.69) is 11.4 Å². The summed E-state index contributed by atoms with van der Waals surface area (Å²) in [6, 6.07) is 2.37. The van der Waals surface area contributed by atoms with Gasteiger partial charge >= 0.3 is 0 Å². The smallest absolute Gasteiger partial charge is 0.104 e. The number of hydrogen-bond donors (Lipinski definition) is 1. The van der Waals surface area contributed by atoms with E-state index in [9.17, 15) is 0 Å². The second-order valence-electron chi connectivity index (χ2n) is 4.01. The van der Waals surface area contributed by atoms with Crippen LogP contribution >= 0.6 is 11.3 Å². The molecule has 1 fully saturated rings. The van der Waals surface area contributed by atoms with E-state index in [0.717, 1.165) is 19.7 Å². The number of ether oxygens (including phenoxy) is 1. The first-order valence-corrected chi connectivity index (χ1v) is 6.19. The minimum absolute atomic E-state index is 0.319. The second-order valence-corrected chi connectivity index (χ2v) is 5.18. The maximum Gasteiger partial charge on any atom is 0.104 e. The molecule has 2 heterocycles.